The molecule has 3 rings (SSSR count). The van der Waals surface area contributed by atoms with Gasteiger partial charge in [0.05, 0.1) is 23.7 Å². The van der Waals surface area contributed by atoms with E-state index >= 15 is 19.2 Å². The third-order valence-corrected chi connectivity index (χ3v) is 18.5. The van der Waals surface area contributed by atoms with Crippen LogP contribution in [0.3, 0.4) is 0 Å². The number of nitrogens with one attached hydrogen (secondary N) is 6. The highest BCUT2D eigenvalue weighted by Gasteiger charge is 2.46. The van der Waals surface area contributed by atoms with E-state index in [1.54, 1.807) is 59.7 Å². The van der Waals surface area contributed by atoms with Gasteiger partial charge in [-0.15, -0.1) is 0 Å². The van der Waals surface area contributed by atoms with Gasteiger partial charge in [0.2, 0.25) is 65.0 Å². The minimum atomic E-state index is -1.76. The summed E-state index contributed by atoms with van der Waals surface area (Å²) in [6.07, 6.45) is -1.22. The second-order valence-corrected chi connectivity index (χ2v) is 30.0. The lowest BCUT2D eigenvalue weighted by atomic mass is 9.91. The normalized spacial score (nSPS) is 24.7. The van der Waals surface area contributed by atoms with Crippen LogP contribution in [0.5, 0.6) is 0 Å². The molecule has 1 fully saturated rings. The SMILES string of the molecule is CC[C@@H]1NC(=O)[C@H]([C@H](O)[C@H](C)Cc2nc3ccc(C(=O)NCCN(C)C)cc3[nH]2)N(C)C(=O)[C@H](C(C)C)N(C)C(=O)[C@H](CC(C)C)N(C)C(=O)[C@H](CC(C)C)N(C)C(=O)[C@@H](C)NC(=O)[C@H](C)NC(=O)[C@H](CC(C)C)N(C)C(=O)[C@H](C(C)C)NC(=O)[C@H](CC(C)C)N(C)C(=O)CN(C)C1=O. The number of hydrogen-bond acceptors (Lipinski definition) is 15. The van der Waals surface area contributed by atoms with E-state index in [-0.39, 0.29) is 68.1 Å². The van der Waals surface area contributed by atoms with E-state index < -0.39 is 156 Å². The number of hydrogen-bond donors (Lipinski definition) is 7. The van der Waals surface area contributed by atoms with E-state index in [9.17, 15) is 43.5 Å². The fraction of sp³-hybridized carbons (Fsp3) is 0.732. The summed E-state index contributed by atoms with van der Waals surface area (Å²) in [7, 11) is 13.6. The first-order valence-electron chi connectivity index (χ1n) is 35.1. The summed E-state index contributed by atoms with van der Waals surface area (Å²) >= 11 is 0. The van der Waals surface area contributed by atoms with Gasteiger partial charge in [-0.2, -0.15) is 0 Å². The van der Waals surface area contributed by atoms with Crippen LogP contribution in [-0.2, 0) is 59.2 Å². The number of aromatic amines is 1. The van der Waals surface area contributed by atoms with E-state index in [4.69, 9.17) is 4.98 Å². The quantitative estimate of drug-likeness (QED) is 0.106. The summed E-state index contributed by atoms with van der Waals surface area (Å²) in [5.41, 5.74) is 1.43. The van der Waals surface area contributed by atoms with Gasteiger partial charge in [0, 0.05) is 74.4 Å². The molecule has 0 unspecified atom stereocenters. The van der Waals surface area contributed by atoms with Crippen LogP contribution in [0.25, 0.3) is 11.0 Å². The van der Waals surface area contributed by atoms with Crippen molar-refractivity contribution in [1.29, 1.82) is 0 Å². The first-order chi connectivity index (χ1) is 45.9. The third kappa shape index (κ3) is 23.4. The van der Waals surface area contributed by atoms with Crippen molar-refractivity contribution < 1.29 is 62.6 Å². The summed E-state index contributed by atoms with van der Waals surface area (Å²) in [5, 5.41) is 26.6. The highest BCUT2D eigenvalue weighted by molar-refractivity contribution is 6.00. The molecule has 0 bridgehead atoms. The Bertz CT molecular complexity index is 3130. The molecule has 1 aliphatic heterocycles. The van der Waals surface area contributed by atoms with Crippen molar-refractivity contribution in [3.8, 4) is 0 Å². The predicted molar refractivity (Wildman–Crippen MR) is 380 cm³/mol. The Morgan fingerprint density at radius 2 is 1.03 bits per heavy atom. The van der Waals surface area contributed by atoms with Gasteiger partial charge in [-0.25, -0.2) is 4.98 Å². The van der Waals surface area contributed by atoms with Gasteiger partial charge in [-0.05, 0) is 120 Å². The van der Waals surface area contributed by atoms with Crippen LogP contribution in [0.1, 0.15) is 159 Å². The van der Waals surface area contributed by atoms with Crippen LogP contribution in [0.4, 0.5) is 0 Å². The number of imidazole rings is 1. The highest BCUT2D eigenvalue weighted by atomic mass is 16.3. The van der Waals surface area contributed by atoms with Crippen molar-refractivity contribution in [1.82, 2.24) is 75.8 Å². The average molecular weight is 1390 g/mol. The molecule has 12 amide bonds. The van der Waals surface area contributed by atoms with Crippen LogP contribution in [0.15, 0.2) is 18.2 Å². The number of aromatic nitrogens is 2. The summed E-state index contributed by atoms with van der Waals surface area (Å²) < 4.78 is 0. The number of aliphatic hydroxyl groups is 1. The molecule has 28 heteroatoms. The van der Waals surface area contributed by atoms with Gasteiger partial charge in [0.25, 0.3) is 5.91 Å². The number of likely N-dealkylation sites (N-methyl/N-ethyl adjacent to an activating group) is 8. The molecule has 0 radical (unpaired) electrons. The van der Waals surface area contributed by atoms with Crippen molar-refractivity contribution in [2.24, 2.45) is 41.4 Å². The van der Waals surface area contributed by atoms with Crippen molar-refractivity contribution in [3.05, 3.63) is 29.6 Å². The molecule has 12 atom stereocenters. The Morgan fingerprint density at radius 3 is 1.54 bits per heavy atom. The molecular weight excluding hydrogens is 1270 g/mol. The predicted octanol–water partition coefficient (Wildman–Crippen LogP) is 2.71. The number of fused-ring (bicyclic) bond motifs is 1. The molecule has 2 aromatic rings. The van der Waals surface area contributed by atoms with Crippen molar-refractivity contribution in [3.63, 3.8) is 0 Å². The molecule has 0 spiro atoms. The van der Waals surface area contributed by atoms with E-state index in [0.717, 1.165) is 9.80 Å². The lowest BCUT2D eigenvalue weighted by molar-refractivity contribution is -0.157. The lowest BCUT2D eigenvalue weighted by Gasteiger charge is -2.41. The first kappa shape index (κ1) is 85.5. The summed E-state index contributed by atoms with van der Waals surface area (Å²) in [6.45, 7) is 28.3. The maximum absolute atomic E-state index is 15.5. The molecule has 2 heterocycles. The van der Waals surface area contributed by atoms with Gasteiger partial charge >= 0.3 is 0 Å². The van der Waals surface area contributed by atoms with Crippen LogP contribution < -0.4 is 26.6 Å². The Morgan fingerprint density at radius 1 is 0.556 bits per heavy atom. The smallest absolute Gasteiger partial charge is 0.251 e. The maximum Gasteiger partial charge on any atom is 0.251 e. The van der Waals surface area contributed by atoms with Gasteiger partial charge in [-0.3, -0.25) is 57.5 Å². The standard InChI is InChI=1S/C71H121N15O13/c1-26-48-67(95)80(19)37-56(87)81(20)51(31-38(2)3)64(92)78-57(42(10)11)70(98)82(21)52(32-39(4)5)63(91)73-45(15)61(89)74-46(16)66(94)83(22)53(33-40(6)7)68(96)84(23)54(34-41(8)9)69(97)85(24)58(43(12)13)71(99)86(25)59(65(93)77-48)60(88)44(14)35-55-75-49-28-27-47(36-50(49)76-55)62(90)72-29-30-79(17)18/h27-28,36,38-46,48,51-54,57-60,88H,26,29-35,37H2,1-25H3,(H,72,90)(H,73,91)(H,74,89)(H,75,76)(H,77,93)(H,78,92)/t44-,45+,46-,48+,51+,52+,53+,54+,57+,58+,59+,60-/m1/s1. The number of benzene rings is 1. The minimum absolute atomic E-state index is 0.00761. The molecule has 0 saturated carbocycles. The monoisotopic (exact) mass is 1390 g/mol. The largest absolute Gasteiger partial charge is 0.390 e. The number of aliphatic hydroxyl groups excluding tert-OH is 1. The van der Waals surface area contributed by atoms with Gasteiger partial charge in [0.1, 0.15) is 66.2 Å². The maximum atomic E-state index is 15.5. The summed E-state index contributed by atoms with van der Waals surface area (Å²) in [4.78, 5) is 194. The molecule has 28 nitrogen and oxygen atoms in total. The second-order valence-electron chi connectivity index (χ2n) is 30.0. The van der Waals surface area contributed by atoms with Crippen molar-refractivity contribution in [2.45, 2.75) is 216 Å². The minimum Gasteiger partial charge on any atom is -0.390 e. The summed E-state index contributed by atoms with van der Waals surface area (Å²) in [5.74, 6) is -10.5. The van der Waals surface area contributed by atoms with Gasteiger partial charge < -0.3 is 75.9 Å². The Hall–Kier alpha value is -7.75. The number of carbonyl (C=O) groups is 12. The van der Waals surface area contributed by atoms with E-state index in [1.165, 1.54) is 87.7 Å². The number of amides is 12. The number of nitrogens with zero attached hydrogens (tertiary/aromatic N) is 9. The zero-order chi connectivity index (χ0) is 75.7. The number of rotatable bonds is 19. The van der Waals surface area contributed by atoms with Crippen LogP contribution in [0, 0.1) is 41.4 Å². The van der Waals surface area contributed by atoms with Crippen LogP contribution >= 0.6 is 0 Å². The molecular formula is C71H121N15O13. The lowest BCUT2D eigenvalue weighted by Crippen LogP contribution is -2.63. The second kappa shape index (κ2) is 38.2. The zero-order valence-corrected chi connectivity index (χ0v) is 63.9. The van der Waals surface area contributed by atoms with E-state index in [0.29, 0.717) is 35.5 Å². The van der Waals surface area contributed by atoms with Gasteiger partial charge in [-0.1, -0.05) is 96.9 Å². The van der Waals surface area contributed by atoms with Crippen LogP contribution in [0.2, 0.25) is 0 Å². The molecule has 7 N–H and O–H groups in total. The molecule has 1 aromatic carbocycles. The molecule has 1 aromatic heterocycles. The van der Waals surface area contributed by atoms with Crippen molar-refractivity contribution in [2.75, 3.05) is 83.1 Å². The third-order valence-electron chi connectivity index (χ3n) is 18.5. The van der Waals surface area contributed by atoms with Crippen molar-refractivity contribution >= 4 is 81.9 Å². The zero-order valence-electron chi connectivity index (χ0n) is 63.9. The summed E-state index contributed by atoms with van der Waals surface area (Å²) in [6, 6.07) is -7.89. The molecule has 0 aliphatic carbocycles. The van der Waals surface area contributed by atoms with E-state index in [1.807, 2.05) is 74.4 Å². The molecule has 1 saturated heterocycles. The Labute approximate surface area is 587 Å². The highest BCUT2D eigenvalue weighted by Crippen LogP contribution is 2.27. The topological polar surface area (TPSA) is 340 Å². The van der Waals surface area contributed by atoms with Crippen LogP contribution in [-0.4, -0.2) is 275 Å². The number of H-pyrrole nitrogens is 1. The Balaban J connectivity index is 2.33. The molecule has 99 heavy (non-hydrogen) atoms. The number of carbonyl (C=O) groups excluding carboxylic acids is 12. The fourth-order valence-electron chi connectivity index (χ4n) is 12.4. The molecule has 558 valence electrons. The Kier molecular flexibility index (Phi) is 32.9. The fourth-order valence-corrected chi connectivity index (χ4v) is 12.4. The average Bonchev–Trinajstić information content (AvgIpc) is 1.50. The first-order valence-corrected chi connectivity index (χ1v) is 35.1. The van der Waals surface area contributed by atoms with E-state index in [2.05, 4.69) is 31.6 Å². The van der Waals surface area contributed by atoms with Gasteiger partial charge in [0.15, 0.2) is 0 Å². The molecule has 1 aliphatic rings.